The smallest absolute Gasteiger partial charge is 0.147 e. The maximum atomic E-state index is 2.82. The van der Waals surface area contributed by atoms with Crippen LogP contribution in [0.1, 0.15) is 144 Å². The first-order valence-electron chi connectivity index (χ1n) is 20.6. The van der Waals surface area contributed by atoms with Gasteiger partial charge in [-0.1, -0.05) is 0 Å². The summed E-state index contributed by atoms with van der Waals surface area (Å²) in [5, 5.41) is 0. The Morgan fingerprint density at radius 2 is 1.02 bits per heavy atom. The van der Waals surface area contributed by atoms with E-state index in [4.69, 9.17) is 0 Å². The Morgan fingerprint density at radius 3 is 1.45 bits per heavy atom. The molecule has 4 aliphatic rings. The van der Waals surface area contributed by atoms with Crippen LogP contribution in [0.4, 0.5) is 0 Å². The van der Waals surface area contributed by atoms with E-state index < -0.39 is 17.4 Å². The normalized spacial score (nSPS) is 20.6. The number of hydrogen-bond donors (Lipinski definition) is 0. The van der Waals surface area contributed by atoms with Gasteiger partial charge in [-0.05, 0) is 0 Å². The first-order chi connectivity index (χ1) is 24.6. The predicted octanol–water partition coefficient (Wildman–Crippen LogP) is 14.9. The quantitative estimate of drug-likeness (QED) is 0.155. The molecule has 0 spiro atoms. The molecule has 2 saturated carbocycles. The van der Waals surface area contributed by atoms with E-state index in [0.717, 1.165) is 18.3 Å². The molecule has 8 rings (SSSR count). The number of allylic oxidation sites excluding steroid dienone is 2. The molecule has 0 bridgehead atoms. The summed E-state index contributed by atoms with van der Waals surface area (Å²) in [5.74, 6) is 2.02. The summed E-state index contributed by atoms with van der Waals surface area (Å²) in [4.78, 5) is 0. The third kappa shape index (κ3) is 7.51. The van der Waals surface area contributed by atoms with Crippen molar-refractivity contribution in [3.63, 3.8) is 0 Å². The van der Waals surface area contributed by atoms with Crippen LogP contribution in [-0.2, 0) is 17.4 Å². The van der Waals surface area contributed by atoms with E-state index in [0.29, 0.717) is 13.2 Å². The number of fused-ring (bicyclic) bond motifs is 2. The molecule has 4 aliphatic carbocycles. The van der Waals surface area contributed by atoms with Crippen molar-refractivity contribution >= 4 is 43.8 Å². The maximum absolute atomic E-state index is 3.71. The van der Waals surface area contributed by atoms with Gasteiger partial charge in [0.25, 0.3) is 0 Å². The minimum atomic E-state index is -3.71. The summed E-state index contributed by atoms with van der Waals surface area (Å²) in [7, 11) is 0. The Balaban J connectivity index is 0.00000240. The fraction of sp³-hybridized carbons (Fsp3) is 0.429. The molecule has 0 nitrogen and oxygen atoms in total. The van der Waals surface area contributed by atoms with Crippen molar-refractivity contribution in [3.05, 3.63) is 129 Å². The number of rotatable bonds is 8. The molecule has 0 saturated heterocycles. The minimum Gasteiger partial charge on any atom is -0.147 e. The molecule has 0 aromatic heterocycles. The SMILES string of the molecule is CCC1=Cc2c(-c3ccc(C4CCCCC4)cc3)cccc2[CH]1[Zr]([CH3])([CH3])(=[SiH2])[CH]1C(C(C)C)=Cc2c(-c3ccc(C4CCCCC4)cc3)cccc21.Cl.Cl. The van der Waals surface area contributed by atoms with Crippen LogP contribution in [0.3, 0.4) is 0 Å². The van der Waals surface area contributed by atoms with Gasteiger partial charge >= 0.3 is 314 Å². The summed E-state index contributed by atoms with van der Waals surface area (Å²) < 4.78 is 6.71. The van der Waals surface area contributed by atoms with E-state index in [-0.39, 0.29) is 24.8 Å². The van der Waals surface area contributed by atoms with Crippen molar-refractivity contribution in [1.82, 2.24) is 0 Å². The molecule has 2 unspecified atom stereocenters. The Morgan fingerprint density at radius 1 is 0.585 bits per heavy atom. The van der Waals surface area contributed by atoms with E-state index in [1.807, 2.05) is 0 Å². The van der Waals surface area contributed by atoms with Crippen LogP contribution in [0.5, 0.6) is 0 Å². The zero-order chi connectivity index (χ0) is 35.4. The number of hydrogen-bond acceptors (Lipinski definition) is 0. The Hall–Kier alpha value is -1.96. The van der Waals surface area contributed by atoms with Gasteiger partial charge in [0.2, 0.25) is 0 Å². The molecule has 0 radical (unpaired) electrons. The monoisotopic (exact) mass is 838 g/mol. The van der Waals surface area contributed by atoms with Gasteiger partial charge in [-0.3, -0.25) is 0 Å². The van der Waals surface area contributed by atoms with Crippen LogP contribution in [0.2, 0.25) is 9.26 Å². The van der Waals surface area contributed by atoms with Gasteiger partial charge < -0.3 is 0 Å². The molecule has 2 atom stereocenters. The zero-order valence-electron chi connectivity index (χ0n) is 32.9. The van der Waals surface area contributed by atoms with E-state index in [2.05, 4.69) is 134 Å². The summed E-state index contributed by atoms with van der Waals surface area (Å²) in [6, 6.07) is 34.1. The summed E-state index contributed by atoms with van der Waals surface area (Å²) in [6.07, 6.45) is 20.2. The van der Waals surface area contributed by atoms with Crippen LogP contribution in [-0.4, -0.2) is 6.88 Å². The predicted molar refractivity (Wildman–Crippen MR) is 237 cm³/mol. The molecule has 280 valence electrons. The second-order valence-corrected chi connectivity index (χ2v) is 48.7. The summed E-state index contributed by atoms with van der Waals surface area (Å²) in [5.41, 5.74) is 18.3. The third-order valence-electron chi connectivity index (χ3n) is 13.8. The van der Waals surface area contributed by atoms with Crippen molar-refractivity contribution in [1.29, 1.82) is 0 Å². The zero-order valence-corrected chi connectivity index (χ0v) is 38.4. The fourth-order valence-electron chi connectivity index (χ4n) is 11.3. The minimum absolute atomic E-state index is 0. The molecule has 4 heteroatoms. The molecular formula is C49H62Cl2SiZr. The van der Waals surface area contributed by atoms with Crippen LogP contribution >= 0.6 is 24.8 Å². The van der Waals surface area contributed by atoms with Gasteiger partial charge in [-0.2, -0.15) is 0 Å². The molecule has 0 N–H and O–H groups in total. The first-order valence-corrected chi connectivity index (χ1v) is 34.3. The average Bonchev–Trinajstić information content (AvgIpc) is 3.77. The topological polar surface area (TPSA) is 0 Å². The standard InChI is InChI=1S/C24H27.C23H25.2CH3.2ClH.H2Si.Zr/c1-17(2)22-15-21-9-6-10-23(24(21)16-22)20-13-11-19(12-14-20)18-7-4-3-5-8-18;1-2-17-15-21-9-6-10-22(23(21)16-17)20-13-11-19(12-14-20)18-7-4-3-5-8-18;;;;;;/h6,9-18H,3-5,7-8H2,1-2H3;6,9-16,18H,2-5,7-8H2,1H3;2*1H3;2*1H;1H2;. The van der Waals surface area contributed by atoms with Gasteiger partial charge in [0.05, 0.1) is 0 Å². The van der Waals surface area contributed by atoms with Crippen LogP contribution in [0.15, 0.2) is 96.1 Å². The van der Waals surface area contributed by atoms with Gasteiger partial charge in [0, 0.05) is 0 Å². The molecule has 2 fully saturated rings. The van der Waals surface area contributed by atoms with Crippen molar-refractivity contribution in [2.45, 2.75) is 120 Å². The van der Waals surface area contributed by atoms with Crippen LogP contribution in [0.25, 0.3) is 34.4 Å². The maximum Gasteiger partial charge on any atom is -0.147 e. The summed E-state index contributed by atoms with van der Waals surface area (Å²) in [6.45, 7) is 9.81. The molecule has 4 aromatic carbocycles. The molecule has 0 amide bonds. The Kier molecular flexibility index (Phi) is 12.5. The molecule has 53 heavy (non-hydrogen) atoms. The number of halogens is 2. The van der Waals surface area contributed by atoms with Gasteiger partial charge in [-0.15, -0.1) is 24.8 Å². The van der Waals surface area contributed by atoms with E-state index >= 15 is 0 Å². The first kappa shape index (κ1) is 40.7. The molecule has 4 aromatic rings. The Labute approximate surface area is 336 Å². The van der Waals surface area contributed by atoms with Crippen molar-refractivity contribution in [2.24, 2.45) is 5.92 Å². The second kappa shape index (κ2) is 16.3. The van der Waals surface area contributed by atoms with E-state index in [1.165, 1.54) is 97.6 Å². The van der Waals surface area contributed by atoms with Gasteiger partial charge in [0.15, 0.2) is 0 Å². The van der Waals surface area contributed by atoms with Crippen molar-refractivity contribution in [2.75, 3.05) is 0 Å². The van der Waals surface area contributed by atoms with Crippen molar-refractivity contribution < 1.29 is 17.4 Å². The van der Waals surface area contributed by atoms with Gasteiger partial charge in [-0.25, -0.2) is 0 Å². The van der Waals surface area contributed by atoms with Gasteiger partial charge in [0.1, 0.15) is 0 Å². The number of benzene rings is 4. The summed E-state index contributed by atoms with van der Waals surface area (Å²) >= 11 is -3.71. The fourth-order valence-corrected chi connectivity index (χ4v) is 31.3. The molecular weight excluding hydrogens is 779 g/mol. The third-order valence-corrected chi connectivity index (χ3v) is 31.2. The average molecular weight is 841 g/mol. The largest absolute Gasteiger partial charge is 0.147 e. The van der Waals surface area contributed by atoms with E-state index in [9.17, 15) is 0 Å². The van der Waals surface area contributed by atoms with E-state index in [1.54, 1.807) is 33.4 Å². The Bertz CT molecular complexity index is 2050. The molecule has 0 heterocycles. The molecule has 0 aliphatic heterocycles. The van der Waals surface area contributed by atoms with Crippen LogP contribution < -0.4 is 0 Å². The van der Waals surface area contributed by atoms with Crippen LogP contribution in [0, 0.1) is 5.92 Å². The second-order valence-electron chi connectivity index (χ2n) is 18.2. The van der Waals surface area contributed by atoms with Crippen molar-refractivity contribution in [3.8, 4) is 22.3 Å².